The molecule has 112 valence electrons. The summed E-state index contributed by atoms with van der Waals surface area (Å²) in [5.74, 6) is 0. The minimum absolute atomic E-state index is 0.183. The Morgan fingerprint density at radius 2 is 2.25 bits per heavy atom. The van der Waals surface area contributed by atoms with Crippen molar-refractivity contribution in [3.05, 3.63) is 34.3 Å². The summed E-state index contributed by atoms with van der Waals surface area (Å²) in [6, 6.07) is 6.51. The third-order valence-electron chi connectivity index (χ3n) is 3.98. The number of nitrogens with zero attached hydrogens (tertiary/aromatic N) is 1. The Bertz CT molecular complexity index is 438. The van der Waals surface area contributed by atoms with Crippen LogP contribution >= 0.6 is 11.6 Å². The van der Waals surface area contributed by atoms with Gasteiger partial charge in [-0.2, -0.15) is 0 Å². The highest BCUT2D eigenvalue weighted by Crippen LogP contribution is 2.26. The van der Waals surface area contributed by atoms with Gasteiger partial charge in [0.1, 0.15) is 0 Å². The monoisotopic (exact) mass is 296 g/mol. The molecule has 3 nitrogen and oxygen atoms in total. The molecule has 1 aromatic rings. The van der Waals surface area contributed by atoms with E-state index in [1.807, 2.05) is 6.92 Å². The second-order valence-electron chi connectivity index (χ2n) is 5.35. The molecule has 1 N–H and O–H groups in total. The predicted molar refractivity (Wildman–Crippen MR) is 84.5 cm³/mol. The van der Waals surface area contributed by atoms with Gasteiger partial charge < -0.3 is 10.1 Å². The fraction of sp³-hybridized carbons (Fsp3) is 0.625. The molecule has 0 aromatic heterocycles. The Morgan fingerprint density at radius 3 is 2.90 bits per heavy atom. The van der Waals surface area contributed by atoms with Crippen molar-refractivity contribution in [2.45, 2.75) is 32.9 Å². The van der Waals surface area contributed by atoms with Crippen LogP contribution in [0.15, 0.2) is 18.2 Å². The molecule has 1 fully saturated rings. The van der Waals surface area contributed by atoms with Crippen LogP contribution in [-0.2, 0) is 4.74 Å². The quantitative estimate of drug-likeness (QED) is 0.904. The van der Waals surface area contributed by atoms with Crippen LogP contribution < -0.4 is 5.32 Å². The van der Waals surface area contributed by atoms with Gasteiger partial charge in [0.15, 0.2) is 0 Å². The number of aryl methyl sites for hydroxylation is 1. The average molecular weight is 297 g/mol. The van der Waals surface area contributed by atoms with Gasteiger partial charge in [-0.25, -0.2) is 0 Å². The minimum Gasteiger partial charge on any atom is -0.374 e. The van der Waals surface area contributed by atoms with E-state index >= 15 is 0 Å². The molecule has 1 aliphatic heterocycles. The Balaban J connectivity index is 2.18. The van der Waals surface area contributed by atoms with Gasteiger partial charge in [-0.1, -0.05) is 37.6 Å². The lowest BCUT2D eigenvalue weighted by molar-refractivity contribution is -0.0453. The summed E-state index contributed by atoms with van der Waals surface area (Å²) in [7, 11) is 0. The minimum atomic E-state index is 0.183. The fourth-order valence-electron chi connectivity index (χ4n) is 2.71. The van der Waals surface area contributed by atoms with Gasteiger partial charge in [0.2, 0.25) is 0 Å². The van der Waals surface area contributed by atoms with Crippen molar-refractivity contribution < 1.29 is 4.74 Å². The molecule has 2 atom stereocenters. The zero-order valence-electron chi connectivity index (χ0n) is 12.7. The van der Waals surface area contributed by atoms with Crippen LogP contribution in [0.3, 0.4) is 0 Å². The van der Waals surface area contributed by atoms with E-state index in [2.05, 4.69) is 42.3 Å². The molecule has 1 saturated heterocycles. The van der Waals surface area contributed by atoms with Crippen LogP contribution in [0.4, 0.5) is 0 Å². The molecule has 4 heteroatoms. The number of morpholine rings is 1. The van der Waals surface area contributed by atoms with E-state index in [1.165, 1.54) is 5.56 Å². The van der Waals surface area contributed by atoms with E-state index in [0.717, 1.165) is 43.4 Å². The van der Waals surface area contributed by atoms with E-state index in [1.54, 1.807) is 0 Å². The van der Waals surface area contributed by atoms with E-state index in [0.29, 0.717) is 0 Å². The number of likely N-dealkylation sites (N-methyl/N-ethyl adjacent to an activating group) is 2. The second-order valence-corrected chi connectivity index (χ2v) is 5.75. The van der Waals surface area contributed by atoms with E-state index < -0.39 is 0 Å². The molecule has 0 radical (unpaired) electrons. The molecule has 2 unspecified atom stereocenters. The molecule has 2 rings (SSSR count). The Morgan fingerprint density at radius 1 is 1.45 bits per heavy atom. The summed E-state index contributed by atoms with van der Waals surface area (Å²) in [6.07, 6.45) is 0.183. The largest absolute Gasteiger partial charge is 0.374 e. The normalized spacial score (nSPS) is 21.9. The second kappa shape index (κ2) is 7.41. The highest BCUT2D eigenvalue weighted by Gasteiger charge is 2.28. The van der Waals surface area contributed by atoms with Crippen LogP contribution in [0.1, 0.15) is 31.0 Å². The van der Waals surface area contributed by atoms with Gasteiger partial charge in [0, 0.05) is 18.1 Å². The van der Waals surface area contributed by atoms with Crippen molar-refractivity contribution in [3.63, 3.8) is 0 Å². The Kier molecular flexibility index (Phi) is 5.85. The van der Waals surface area contributed by atoms with Crippen LogP contribution in [0, 0.1) is 6.92 Å². The maximum Gasteiger partial charge on any atom is 0.0896 e. The van der Waals surface area contributed by atoms with Crippen molar-refractivity contribution in [2.24, 2.45) is 0 Å². The standard InChI is InChI=1S/C16H25ClN2O/c1-4-18-16(13-7-6-12(3)14(17)10-13)15-11-19(5-2)8-9-20-15/h6-7,10,15-16,18H,4-5,8-9,11H2,1-3H3. The SMILES string of the molecule is CCNC(c1ccc(C)c(Cl)c1)C1CN(CC)CCO1. The van der Waals surface area contributed by atoms with Crippen molar-refractivity contribution in [1.29, 1.82) is 0 Å². The smallest absolute Gasteiger partial charge is 0.0896 e. The predicted octanol–water partition coefficient (Wildman–Crippen LogP) is 3.02. The van der Waals surface area contributed by atoms with Crippen molar-refractivity contribution in [1.82, 2.24) is 10.2 Å². The average Bonchev–Trinajstić information content (AvgIpc) is 2.48. The molecule has 1 heterocycles. The molecular weight excluding hydrogens is 272 g/mol. The molecular formula is C16H25ClN2O. The summed E-state index contributed by atoms with van der Waals surface area (Å²) in [4.78, 5) is 2.44. The van der Waals surface area contributed by atoms with E-state index in [4.69, 9.17) is 16.3 Å². The molecule has 20 heavy (non-hydrogen) atoms. The highest BCUT2D eigenvalue weighted by atomic mass is 35.5. The van der Waals surface area contributed by atoms with Gasteiger partial charge >= 0.3 is 0 Å². The number of rotatable bonds is 5. The number of hydrogen-bond donors (Lipinski definition) is 1. The van der Waals surface area contributed by atoms with Crippen LogP contribution in [0.5, 0.6) is 0 Å². The molecule has 1 aromatic carbocycles. The first-order valence-electron chi connectivity index (χ1n) is 7.49. The number of benzene rings is 1. The third-order valence-corrected chi connectivity index (χ3v) is 4.38. The number of ether oxygens (including phenoxy) is 1. The summed E-state index contributed by atoms with van der Waals surface area (Å²) in [5, 5.41) is 4.38. The zero-order chi connectivity index (χ0) is 14.5. The first kappa shape index (κ1) is 15.8. The van der Waals surface area contributed by atoms with Crippen LogP contribution in [0.25, 0.3) is 0 Å². The lowest BCUT2D eigenvalue weighted by Crippen LogP contribution is -2.48. The number of hydrogen-bond acceptors (Lipinski definition) is 3. The summed E-state index contributed by atoms with van der Waals surface area (Å²) in [6.45, 7) is 11.2. The van der Waals surface area contributed by atoms with Crippen molar-refractivity contribution >= 4 is 11.6 Å². The first-order valence-corrected chi connectivity index (χ1v) is 7.86. The molecule has 0 bridgehead atoms. The zero-order valence-corrected chi connectivity index (χ0v) is 13.4. The van der Waals surface area contributed by atoms with Gasteiger partial charge in [0.25, 0.3) is 0 Å². The van der Waals surface area contributed by atoms with E-state index in [-0.39, 0.29) is 12.1 Å². The van der Waals surface area contributed by atoms with Gasteiger partial charge in [-0.3, -0.25) is 4.90 Å². The first-order chi connectivity index (χ1) is 9.65. The highest BCUT2D eigenvalue weighted by molar-refractivity contribution is 6.31. The van der Waals surface area contributed by atoms with Gasteiger partial charge in [-0.15, -0.1) is 0 Å². The molecule has 0 spiro atoms. The number of nitrogens with one attached hydrogen (secondary N) is 1. The lowest BCUT2D eigenvalue weighted by Gasteiger charge is -2.37. The lowest BCUT2D eigenvalue weighted by atomic mass is 9.98. The molecule has 0 amide bonds. The van der Waals surface area contributed by atoms with Crippen LogP contribution in [0.2, 0.25) is 5.02 Å². The van der Waals surface area contributed by atoms with Crippen LogP contribution in [-0.4, -0.2) is 43.8 Å². The summed E-state index contributed by atoms with van der Waals surface area (Å²) < 4.78 is 6.00. The maximum atomic E-state index is 6.27. The number of halogens is 1. The molecule has 0 saturated carbocycles. The topological polar surface area (TPSA) is 24.5 Å². The molecule has 1 aliphatic rings. The van der Waals surface area contributed by atoms with Gasteiger partial charge in [-0.05, 0) is 37.2 Å². The summed E-state index contributed by atoms with van der Waals surface area (Å²) >= 11 is 6.27. The van der Waals surface area contributed by atoms with Gasteiger partial charge in [0.05, 0.1) is 18.8 Å². The maximum absolute atomic E-state index is 6.27. The molecule has 0 aliphatic carbocycles. The van der Waals surface area contributed by atoms with E-state index in [9.17, 15) is 0 Å². The van der Waals surface area contributed by atoms with Crippen molar-refractivity contribution in [2.75, 3.05) is 32.8 Å². The Labute approximate surface area is 127 Å². The Hall–Kier alpha value is -0.610. The third kappa shape index (κ3) is 3.73. The van der Waals surface area contributed by atoms with Crippen molar-refractivity contribution in [3.8, 4) is 0 Å². The summed E-state index contributed by atoms with van der Waals surface area (Å²) in [5.41, 5.74) is 2.33. The fourth-order valence-corrected chi connectivity index (χ4v) is 2.90.